The number of nitrogens with zero attached hydrogens (tertiary/aromatic N) is 5. The molecule has 1 saturated heterocycles. The predicted octanol–water partition coefficient (Wildman–Crippen LogP) is 2.80. The van der Waals surface area contributed by atoms with Gasteiger partial charge in [-0.15, -0.1) is 0 Å². The van der Waals surface area contributed by atoms with Gasteiger partial charge in [0.05, 0.1) is 42.4 Å². The third kappa shape index (κ3) is 3.55. The number of nitrogens with one attached hydrogen (secondary N) is 2. The monoisotopic (exact) mass is 425 g/mol. The highest BCUT2D eigenvalue weighted by atomic mass is 19.1. The minimum absolute atomic E-state index is 0.00934. The van der Waals surface area contributed by atoms with Gasteiger partial charge in [0, 0.05) is 12.5 Å². The Bertz CT molecular complexity index is 1180. The Morgan fingerprint density at radius 3 is 2.87 bits per heavy atom. The number of hydrogen-bond donors (Lipinski definition) is 2. The normalized spacial score (nSPS) is 21.1. The quantitative estimate of drug-likeness (QED) is 0.648. The molecule has 0 bridgehead atoms. The van der Waals surface area contributed by atoms with E-state index in [2.05, 4.69) is 20.7 Å². The fourth-order valence-electron chi connectivity index (χ4n) is 3.90. The molecule has 2 fully saturated rings. The number of alkyl halides is 1. The van der Waals surface area contributed by atoms with E-state index in [9.17, 15) is 14.0 Å². The molecule has 2 aliphatic rings. The highest BCUT2D eigenvalue weighted by molar-refractivity contribution is 5.77. The molecule has 2 unspecified atom stereocenters. The number of anilines is 1. The maximum atomic E-state index is 15.0. The number of fused-ring (bicyclic) bond motifs is 1. The van der Waals surface area contributed by atoms with Crippen LogP contribution < -0.4 is 15.4 Å². The van der Waals surface area contributed by atoms with E-state index in [0.717, 1.165) is 24.6 Å². The molecule has 0 spiro atoms. The molecule has 2 N–H and O–H groups in total. The molecule has 1 aliphatic heterocycles. The average molecular weight is 425 g/mol. The largest absolute Gasteiger partial charge is 0.493 e. The lowest BCUT2D eigenvalue weighted by molar-refractivity contribution is 0.241. The molecule has 8 nitrogen and oxygen atoms in total. The first-order valence-electron chi connectivity index (χ1n) is 10.2. The number of halogens is 2. The Morgan fingerprint density at radius 1 is 1.32 bits per heavy atom. The van der Waals surface area contributed by atoms with Crippen LogP contribution in [0.3, 0.4) is 0 Å². The van der Waals surface area contributed by atoms with Crippen LogP contribution in [0, 0.1) is 17.1 Å². The molecule has 5 rings (SSSR count). The molecule has 2 atom stereocenters. The van der Waals surface area contributed by atoms with Gasteiger partial charge < -0.3 is 15.4 Å². The molecule has 1 aliphatic carbocycles. The zero-order valence-corrected chi connectivity index (χ0v) is 16.9. The van der Waals surface area contributed by atoms with Gasteiger partial charge in [-0.25, -0.2) is 23.3 Å². The molecule has 0 aromatic carbocycles. The summed E-state index contributed by atoms with van der Waals surface area (Å²) in [7, 11) is 1.58. The summed E-state index contributed by atoms with van der Waals surface area (Å²) in [5.41, 5.74) is 1.69. The first kappa shape index (κ1) is 19.6. The van der Waals surface area contributed by atoms with Crippen LogP contribution in [0.5, 0.6) is 5.75 Å². The van der Waals surface area contributed by atoms with Gasteiger partial charge in [-0.1, -0.05) is 0 Å². The molecular weight excluding hydrogens is 404 g/mol. The molecule has 0 radical (unpaired) electrons. The zero-order chi connectivity index (χ0) is 21.5. The van der Waals surface area contributed by atoms with Crippen molar-refractivity contribution in [3.8, 4) is 23.1 Å². The van der Waals surface area contributed by atoms with E-state index in [-0.39, 0.29) is 17.1 Å². The van der Waals surface area contributed by atoms with Gasteiger partial charge in [0.2, 0.25) is 0 Å². The van der Waals surface area contributed by atoms with Crippen LogP contribution in [0.2, 0.25) is 0 Å². The van der Waals surface area contributed by atoms with E-state index in [1.54, 1.807) is 13.3 Å². The van der Waals surface area contributed by atoms with E-state index in [1.165, 1.54) is 10.7 Å². The lowest BCUT2D eigenvalue weighted by Crippen LogP contribution is -2.46. The molecule has 1 saturated carbocycles. The molecule has 31 heavy (non-hydrogen) atoms. The van der Waals surface area contributed by atoms with E-state index < -0.39 is 18.0 Å². The predicted molar refractivity (Wildman–Crippen MR) is 109 cm³/mol. The van der Waals surface area contributed by atoms with Gasteiger partial charge >= 0.3 is 0 Å². The van der Waals surface area contributed by atoms with Crippen molar-refractivity contribution in [3.05, 3.63) is 35.5 Å². The molecule has 4 heterocycles. The Kier molecular flexibility index (Phi) is 4.90. The number of aromatic nitrogens is 4. The van der Waals surface area contributed by atoms with Crippen LogP contribution in [0.25, 0.3) is 16.9 Å². The van der Waals surface area contributed by atoms with Gasteiger partial charge in [0.25, 0.3) is 0 Å². The van der Waals surface area contributed by atoms with Crippen molar-refractivity contribution < 1.29 is 13.5 Å². The van der Waals surface area contributed by atoms with E-state index in [4.69, 9.17) is 9.72 Å². The maximum absolute atomic E-state index is 15.0. The van der Waals surface area contributed by atoms with Gasteiger partial charge in [0.15, 0.2) is 17.2 Å². The van der Waals surface area contributed by atoms with Crippen LogP contribution in [0.15, 0.2) is 18.5 Å². The SMILES string of the molecule is COc1cn2ncc(-c3nc(NC4CNCCC4F)c(C#N)cc3F)c2nc1C1CC1. The first-order valence-corrected chi connectivity index (χ1v) is 10.2. The van der Waals surface area contributed by atoms with Gasteiger partial charge in [-0.2, -0.15) is 10.4 Å². The van der Waals surface area contributed by atoms with Crippen molar-refractivity contribution in [1.29, 1.82) is 5.26 Å². The Labute approximate surface area is 177 Å². The number of piperidine rings is 1. The topological polar surface area (TPSA) is 100 Å². The highest BCUT2D eigenvalue weighted by Crippen LogP contribution is 2.43. The second-order valence-electron chi connectivity index (χ2n) is 7.88. The third-order valence-corrected chi connectivity index (χ3v) is 5.74. The molecular formula is C21H21F2N7O. The Hall–Kier alpha value is -3.32. The smallest absolute Gasteiger partial charge is 0.165 e. The lowest BCUT2D eigenvalue weighted by atomic mass is 10.0. The van der Waals surface area contributed by atoms with E-state index in [1.807, 2.05) is 6.07 Å². The summed E-state index contributed by atoms with van der Waals surface area (Å²) in [5, 5.41) is 19.8. The fourth-order valence-corrected chi connectivity index (χ4v) is 3.90. The highest BCUT2D eigenvalue weighted by Gasteiger charge is 2.30. The molecule has 160 valence electrons. The summed E-state index contributed by atoms with van der Waals surface area (Å²) in [4.78, 5) is 9.07. The Morgan fingerprint density at radius 2 is 2.16 bits per heavy atom. The standard InChI is InChI=1S/C21H21F2N7O/c1-31-17-10-30-21(29-18(17)11-2-3-11)13(8-26-30)19-15(23)6-12(7-24)20(28-19)27-16-9-25-5-4-14(16)22/h6,8,10-11,14,16,25H,2-5,9H2,1H3,(H,27,28). The fraction of sp³-hybridized carbons (Fsp3) is 0.429. The Balaban J connectivity index is 1.59. The van der Waals surface area contributed by atoms with Crippen LogP contribution in [-0.2, 0) is 0 Å². The van der Waals surface area contributed by atoms with Crippen LogP contribution in [0.4, 0.5) is 14.6 Å². The molecule has 3 aromatic rings. The summed E-state index contributed by atoms with van der Waals surface area (Å²) >= 11 is 0. The molecule has 3 aromatic heterocycles. The summed E-state index contributed by atoms with van der Waals surface area (Å²) in [6, 6.07) is 2.50. The minimum atomic E-state index is -1.09. The minimum Gasteiger partial charge on any atom is -0.493 e. The zero-order valence-electron chi connectivity index (χ0n) is 16.9. The molecule has 10 heteroatoms. The third-order valence-electron chi connectivity index (χ3n) is 5.74. The summed E-state index contributed by atoms with van der Waals surface area (Å²) < 4.78 is 36.2. The maximum Gasteiger partial charge on any atom is 0.165 e. The van der Waals surface area contributed by atoms with Crippen molar-refractivity contribution >= 4 is 11.5 Å². The second-order valence-corrected chi connectivity index (χ2v) is 7.88. The van der Waals surface area contributed by atoms with Crippen molar-refractivity contribution in [2.45, 2.75) is 37.4 Å². The van der Waals surface area contributed by atoms with Crippen molar-refractivity contribution in [3.63, 3.8) is 0 Å². The van der Waals surface area contributed by atoms with Crippen LogP contribution in [-0.4, -0.2) is 52.0 Å². The second kappa shape index (κ2) is 7.74. The average Bonchev–Trinajstić information content (AvgIpc) is 3.55. The lowest BCUT2D eigenvalue weighted by Gasteiger charge is -2.28. The summed E-state index contributed by atoms with van der Waals surface area (Å²) in [5.74, 6) is 0.435. The summed E-state index contributed by atoms with van der Waals surface area (Å²) in [6.07, 6.45) is 4.54. The first-order chi connectivity index (χ1) is 15.1. The molecule has 0 amide bonds. The van der Waals surface area contributed by atoms with Gasteiger partial charge in [-0.3, -0.25) is 0 Å². The van der Waals surface area contributed by atoms with E-state index in [0.29, 0.717) is 42.4 Å². The number of rotatable bonds is 5. The number of nitriles is 1. The van der Waals surface area contributed by atoms with Crippen molar-refractivity contribution in [2.24, 2.45) is 0 Å². The van der Waals surface area contributed by atoms with E-state index >= 15 is 0 Å². The van der Waals surface area contributed by atoms with Crippen molar-refractivity contribution in [2.75, 3.05) is 25.5 Å². The van der Waals surface area contributed by atoms with Gasteiger partial charge in [0.1, 0.15) is 23.8 Å². The number of pyridine rings is 1. The van der Waals surface area contributed by atoms with Gasteiger partial charge in [-0.05, 0) is 31.9 Å². The van der Waals surface area contributed by atoms with Crippen LogP contribution in [0.1, 0.15) is 36.4 Å². The summed E-state index contributed by atoms with van der Waals surface area (Å²) in [6.45, 7) is 0.983. The van der Waals surface area contributed by atoms with Crippen molar-refractivity contribution in [1.82, 2.24) is 24.9 Å². The van der Waals surface area contributed by atoms with Crippen LogP contribution >= 0.6 is 0 Å². The number of ether oxygens (including phenoxy) is 1. The number of methoxy groups -OCH3 is 1. The number of hydrogen-bond acceptors (Lipinski definition) is 7.